The lowest BCUT2D eigenvalue weighted by molar-refractivity contribution is -0.119. The molecule has 5 rings (SSSR count). The van der Waals surface area contributed by atoms with Crippen molar-refractivity contribution in [1.82, 2.24) is 34.5 Å². The fourth-order valence-corrected chi connectivity index (χ4v) is 4.35. The quantitative estimate of drug-likeness (QED) is 0.539. The summed E-state index contributed by atoms with van der Waals surface area (Å²) in [5, 5.41) is 15.5. The predicted octanol–water partition coefficient (Wildman–Crippen LogP) is 2.40. The average molecular weight is 369 g/mol. The summed E-state index contributed by atoms with van der Waals surface area (Å²) in [7, 11) is 0. The first-order valence-corrected chi connectivity index (χ1v) is 9.90. The molecule has 0 spiro atoms. The number of nitrogens with one attached hydrogen (secondary N) is 2. The highest BCUT2D eigenvalue weighted by molar-refractivity contribution is 7.99. The first-order chi connectivity index (χ1) is 12.8. The molecule has 8 nitrogen and oxygen atoms in total. The number of thioether (sulfide) groups is 1. The first kappa shape index (κ1) is 15.7. The second-order valence-electron chi connectivity index (χ2n) is 6.68. The maximum atomic E-state index is 12.2. The van der Waals surface area contributed by atoms with Gasteiger partial charge in [-0.15, -0.1) is 10.2 Å². The molecule has 9 heteroatoms. The van der Waals surface area contributed by atoms with E-state index in [1.54, 1.807) is 4.52 Å². The number of imidazole rings is 1. The van der Waals surface area contributed by atoms with Crippen molar-refractivity contribution in [3.63, 3.8) is 0 Å². The van der Waals surface area contributed by atoms with Gasteiger partial charge >= 0.3 is 0 Å². The number of benzene rings is 1. The maximum absolute atomic E-state index is 12.2. The summed E-state index contributed by atoms with van der Waals surface area (Å²) in [5.41, 5.74) is 1.89. The molecule has 1 saturated carbocycles. The minimum atomic E-state index is 0.0560. The van der Waals surface area contributed by atoms with Crippen LogP contribution in [0.25, 0.3) is 22.6 Å². The third-order valence-corrected chi connectivity index (χ3v) is 5.82. The number of hydrogen-bond acceptors (Lipinski definition) is 5. The number of aromatic amines is 1. The van der Waals surface area contributed by atoms with Crippen molar-refractivity contribution in [1.29, 1.82) is 0 Å². The molecule has 1 aliphatic carbocycles. The van der Waals surface area contributed by atoms with E-state index >= 15 is 0 Å². The Morgan fingerprint density at radius 1 is 1.23 bits per heavy atom. The number of para-hydroxylation sites is 2. The van der Waals surface area contributed by atoms with Crippen LogP contribution in [0.3, 0.4) is 0 Å². The summed E-state index contributed by atoms with van der Waals surface area (Å²) in [6, 6.07) is 8.23. The van der Waals surface area contributed by atoms with Crippen LogP contribution < -0.4 is 5.32 Å². The van der Waals surface area contributed by atoms with Gasteiger partial charge < -0.3 is 5.32 Å². The van der Waals surface area contributed by atoms with Crippen LogP contribution in [0.15, 0.2) is 29.4 Å². The SMILES string of the molecule is O=C(CSc1nnc2n1[nH]c1nc3ccccc3n12)NC1CCCCC1. The number of fused-ring (bicyclic) bond motifs is 5. The van der Waals surface area contributed by atoms with E-state index in [-0.39, 0.29) is 5.91 Å². The van der Waals surface area contributed by atoms with E-state index in [1.807, 2.05) is 28.7 Å². The van der Waals surface area contributed by atoms with Gasteiger partial charge in [0.25, 0.3) is 5.78 Å². The number of carbonyl (C=O) groups excluding carboxylic acids is 1. The van der Waals surface area contributed by atoms with Gasteiger partial charge in [-0.05, 0) is 25.0 Å². The highest BCUT2D eigenvalue weighted by Gasteiger charge is 2.19. The lowest BCUT2D eigenvalue weighted by Crippen LogP contribution is -2.37. The smallest absolute Gasteiger partial charge is 0.258 e. The summed E-state index contributed by atoms with van der Waals surface area (Å²) >= 11 is 1.38. The lowest BCUT2D eigenvalue weighted by Gasteiger charge is -2.22. The van der Waals surface area contributed by atoms with Gasteiger partial charge in [0.1, 0.15) is 0 Å². The van der Waals surface area contributed by atoms with Gasteiger partial charge in [-0.25, -0.2) is 9.38 Å². The molecule has 1 fully saturated rings. The van der Waals surface area contributed by atoms with Crippen LogP contribution in [0.1, 0.15) is 32.1 Å². The molecule has 0 saturated heterocycles. The van der Waals surface area contributed by atoms with Crippen molar-refractivity contribution in [2.45, 2.75) is 43.3 Å². The largest absolute Gasteiger partial charge is 0.353 e. The van der Waals surface area contributed by atoms with Gasteiger partial charge in [0.05, 0.1) is 16.8 Å². The minimum absolute atomic E-state index is 0.0560. The van der Waals surface area contributed by atoms with Crippen LogP contribution in [0.2, 0.25) is 0 Å². The second kappa shape index (κ2) is 6.31. The van der Waals surface area contributed by atoms with Gasteiger partial charge in [0.15, 0.2) is 0 Å². The van der Waals surface area contributed by atoms with Crippen LogP contribution in [0.4, 0.5) is 0 Å². The van der Waals surface area contributed by atoms with E-state index < -0.39 is 0 Å². The molecule has 1 amide bonds. The summed E-state index contributed by atoms with van der Waals surface area (Å²) < 4.78 is 3.72. The molecule has 3 aromatic heterocycles. The van der Waals surface area contributed by atoms with Crippen LogP contribution in [-0.2, 0) is 4.79 Å². The number of nitrogens with zero attached hydrogens (tertiary/aromatic N) is 5. The Labute approximate surface area is 153 Å². The molecule has 3 heterocycles. The average Bonchev–Trinajstić information content (AvgIpc) is 3.30. The van der Waals surface area contributed by atoms with Crippen LogP contribution in [0.5, 0.6) is 0 Å². The molecule has 1 aliphatic rings. The van der Waals surface area contributed by atoms with Gasteiger partial charge in [-0.1, -0.05) is 43.2 Å². The zero-order valence-corrected chi connectivity index (χ0v) is 15.0. The molecular weight excluding hydrogens is 350 g/mol. The molecule has 2 N–H and O–H groups in total. The number of carbonyl (C=O) groups is 1. The molecule has 0 aliphatic heterocycles. The molecule has 134 valence electrons. The summed E-state index contributed by atoms with van der Waals surface area (Å²) in [5.74, 6) is 1.77. The molecule has 0 atom stereocenters. The summed E-state index contributed by atoms with van der Waals surface area (Å²) in [4.78, 5) is 16.8. The fourth-order valence-electron chi connectivity index (χ4n) is 3.65. The third-order valence-electron chi connectivity index (χ3n) is 4.89. The molecule has 1 aromatic carbocycles. The highest BCUT2D eigenvalue weighted by atomic mass is 32.2. The Kier molecular flexibility index (Phi) is 3.81. The molecule has 26 heavy (non-hydrogen) atoms. The topological polar surface area (TPSA) is 92.4 Å². The second-order valence-corrected chi connectivity index (χ2v) is 7.62. The van der Waals surface area contributed by atoms with Crippen molar-refractivity contribution in [2.75, 3.05) is 5.75 Å². The van der Waals surface area contributed by atoms with Crippen LogP contribution >= 0.6 is 11.8 Å². The zero-order chi connectivity index (χ0) is 17.5. The van der Waals surface area contributed by atoms with Gasteiger partial charge in [-0.3, -0.25) is 9.89 Å². The Morgan fingerprint density at radius 2 is 2.08 bits per heavy atom. The summed E-state index contributed by atoms with van der Waals surface area (Å²) in [6.07, 6.45) is 5.87. The standard InChI is InChI=1S/C17H19N7OS/c25-14(18-11-6-2-1-3-7-11)10-26-17-21-20-16-23-13-9-5-4-8-12(13)19-15(23)22-24(16)17/h4-5,8-9,11H,1-3,6-7,10H2,(H,18,25)(H,19,22). The number of aromatic nitrogens is 6. The van der Waals surface area contributed by atoms with Gasteiger partial charge in [0.2, 0.25) is 16.8 Å². The van der Waals surface area contributed by atoms with E-state index in [9.17, 15) is 4.79 Å². The molecule has 0 unspecified atom stereocenters. The Morgan fingerprint density at radius 3 is 2.96 bits per heavy atom. The third kappa shape index (κ3) is 2.63. The van der Waals surface area contributed by atoms with Crippen molar-refractivity contribution in [3.8, 4) is 0 Å². The first-order valence-electron chi connectivity index (χ1n) is 8.92. The van der Waals surface area contributed by atoms with Gasteiger partial charge in [0, 0.05) is 6.04 Å². The fraction of sp³-hybridized carbons (Fsp3) is 0.412. The van der Waals surface area contributed by atoms with E-state index in [4.69, 9.17) is 0 Å². The van der Waals surface area contributed by atoms with Gasteiger partial charge in [-0.2, -0.15) is 4.52 Å². The van der Waals surface area contributed by atoms with Crippen LogP contribution in [-0.4, -0.2) is 46.9 Å². The van der Waals surface area contributed by atoms with E-state index in [0.717, 1.165) is 23.9 Å². The highest BCUT2D eigenvalue weighted by Crippen LogP contribution is 2.22. The Hall–Kier alpha value is -2.55. The Bertz CT molecular complexity index is 1090. The monoisotopic (exact) mass is 369 g/mol. The van der Waals surface area contributed by atoms with E-state index in [0.29, 0.717) is 28.5 Å². The zero-order valence-electron chi connectivity index (χ0n) is 14.2. The van der Waals surface area contributed by atoms with Crippen molar-refractivity contribution in [3.05, 3.63) is 24.3 Å². The number of H-pyrrole nitrogens is 1. The van der Waals surface area contributed by atoms with Crippen molar-refractivity contribution >= 4 is 40.3 Å². The number of hydrogen-bond donors (Lipinski definition) is 2. The van der Waals surface area contributed by atoms with E-state index in [2.05, 4.69) is 25.6 Å². The Balaban J connectivity index is 1.36. The minimum Gasteiger partial charge on any atom is -0.353 e. The van der Waals surface area contributed by atoms with Crippen molar-refractivity contribution < 1.29 is 4.79 Å². The van der Waals surface area contributed by atoms with E-state index in [1.165, 1.54) is 31.0 Å². The predicted molar refractivity (Wildman–Crippen MR) is 99.3 cm³/mol. The summed E-state index contributed by atoms with van der Waals surface area (Å²) in [6.45, 7) is 0. The van der Waals surface area contributed by atoms with Crippen LogP contribution in [0, 0.1) is 0 Å². The van der Waals surface area contributed by atoms with Crippen molar-refractivity contribution in [2.24, 2.45) is 0 Å². The lowest BCUT2D eigenvalue weighted by atomic mass is 9.95. The number of amides is 1. The molecule has 0 bridgehead atoms. The molecular formula is C17H19N7OS. The molecule has 4 aromatic rings. The normalized spacial score (nSPS) is 16.0. The maximum Gasteiger partial charge on any atom is 0.258 e. The number of rotatable bonds is 4. The molecule has 0 radical (unpaired) electrons.